The lowest BCUT2D eigenvalue weighted by Gasteiger charge is -2.01. The van der Waals surface area contributed by atoms with Crippen LogP contribution in [0.3, 0.4) is 0 Å². The normalized spacial score (nSPS) is 10.3. The molecule has 0 aliphatic rings. The topological polar surface area (TPSA) is 61.3 Å². The highest BCUT2D eigenvalue weighted by Gasteiger charge is 2.12. The van der Waals surface area contributed by atoms with Gasteiger partial charge in [0, 0.05) is 5.56 Å². The van der Waals surface area contributed by atoms with Crippen molar-refractivity contribution in [3.8, 4) is 17.0 Å². The van der Waals surface area contributed by atoms with Crippen LogP contribution in [0.2, 0.25) is 0 Å². The van der Waals surface area contributed by atoms with Crippen LogP contribution in [0.25, 0.3) is 11.3 Å². The number of nitrogens with zero attached hydrogens (tertiary/aromatic N) is 1. The zero-order valence-corrected chi connectivity index (χ0v) is 9.61. The summed E-state index contributed by atoms with van der Waals surface area (Å²) >= 11 is 3.31. The van der Waals surface area contributed by atoms with E-state index < -0.39 is 0 Å². The van der Waals surface area contributed by atoms with E-state index in [0.717, 1.165) is 11.3 Å². The third-order valence-corrected chi connectivity index (χ3v) is 2.77. The average molecular weight is 269 g/mol. The molecule has 0 aliphatic carbocycles. The molecule has 0 bridgehead atoms. The van der Waals surface area contributed by atoms with Crippen molar-refractivity contribution in [1.82, 2.24) is 5.16 Å². The number of nitrogens with two attached hydrogens (primary N) is 1. The van der Waals surface area contributed by atoms with Crippen molar-refractivity contribution in [2.24, 2.45) is 0 Å². The lowest BCUT2D eigenvalue weighted by atomic mass is 10.1. The monoisotopic (exact) mass is 268 g/mol. The maximum Gasteiger partial charge on any atom is 0.237 e. The smallest absolute Gasteiger partial charge is 0.237 e. The lowest BCUT2D eigenvalue weighted by Crippen LogP contribution is -1.84. The van der Waals surface area contributed by atoms with Gasteiger partial charge in [-0.2, -0.15) is 0 Å². The Morgan fingerprint density at radius 3 is 2.87 bits per heavy atom. The summed E-state index contributed by atoms with van der Waals surface area (Å²) in [5.41, 5.74) is 7.10. The summed E-state index contributed by atoms with van der Waals surface area (Å²) in [4.78, 5) is 0. The van der Waals surface area contributed by atoms with Crippen LogP contribution in [0.1, 0.15) is 0 Å². The first-order valence-electron chi connectivity index (χ1n) is 4.27. The van der Waals surface area contributed by atoms with Crippen LogP contribution < -0.4 is 10.5 Å². The van der Waals surface area contributed by atoms with Crippen molar-refractivity contribution in [1.29, 1.82) is 0 Å². The van der Waals surface area contributed by atoms with Crippen molar-refractivity contribution in [3.63, 3.8) is 0 Å². The van der Waals surface area contributed by atoms with Gasteiger partial charge in [-0.15, -0.1) is 0 Å². The SMILES string of the molecule is COc1cccc(-c2noc(N)c2Br)c1. The molecule has 0 radical (unpaired) electrons. The first kappa shape index (κ1) is 10.0. The summed E-state index contributed by atoms with van der Waals surface area (Å²) in [5, 5.41) is 3.86. The molecule has 0 saturated carbocycles. The summed E-state index contributed by atoms with van der Waals surface area (Å²) in [5.74, 6) is 1.04. The molecule has 4 nitrogen and oxygen atoms in total. The molecule has 0 saturated heterocycles. The third kappa shape index (κ3) is 1.83. The van der Waals surface area contributed by atoms with E-state index in [4.69, 9.17) is 15.0 Å². The molecule has 0 unspecified atom stereocenters. The summed E-state index contributed by atoms with van der Waals surface area (Å²) in [7, 11) is 1.62. The van der Waals surface area contributed by atoms with Gasteiger partial charge in [0.2, 0.25) is 5.88 Å². The van der Waals surface area contributed by atoms with Gasteiger partial charge in [-0.3, -0.25) is 0 Å². The van der Waals surface area contributed by atoms with Gasteiger partial charge in [0.05, 0.1) is 7.11 Å². The van der Waals surface area contributed by atoms with E-state index in [1.54, 1.807) is 7.11 Å². The number of hydrogen-bond acceptors (Lipinski definition) is 4. The molecule has 1 aromatic heterocycles. The van der Waals surface area contributed by atoms with Crippen molar-refractivity contribution >= 4 is 21.8 Å². The minimum absolute atomic E-state index is 0.271. The molecule has 0 atom stereocenters. The Balaban J connectivity index is 2.49. The van der Waals surface area contributed by atoms with Gasteiger partial charge in [0.25, 0.3) is 0 Å². The quantitative estimate of drug-likeness (QED) is 0.910. The van der Waals surface area contributed by atoms with Gasteiger partial charge in [-0.05, 0) is 28.1 Å². The van der Waals surface area contributed by atoms with E-state index >= 15 is 0 Å². The van der Waals surface area contributed by atoms with Gasteiger partial charge in [0.15, 0.2) is 0 Å². The number of halogens is 1. The number of rotatable bonds is 2. The van der Waals surface area contributed by atoms with Crippen LogP contribution in [0.15, 0.2) is 33.3 Å². The first-order chi connectivity index (χ1) is 7.22. The van der Waals surface area contributed by atoms with E-state index in [9.17, 15) is 0 Å². The van der Waals surface area contributed by atoms with Crippen molar-refractivity contribution in [2.45, 2.75) is 0 Å². The van der Waals surface area contributed by atoms with Crippen LogP contribution in [-0.2, 0) is 0 Å². The number of benzene rings is 1. The molecule has 0 spiro atoms. The summed E-state index contributed by atoms with van der Waals surface area (Å²) < 4.78 is 10.6. The maximum absolute atomic E-state index is 5.54. The number of aromatic nitrogens is 1. The summed E-state index contributed by atoms with van der Waals surface area (Å²) in [6.07, 6.45) is 0. The van der Waals surface area contributed by atoms with Crippen LogP contribution in [0.5, 0.6) is 5.75 Å². The van der Waals surface area contributed by atoms with Gasteiger partial charge in [0.1, 0.15) is 15.9 Å². The average Bonchev–Trinajstić information content (AvgIpc) is 2.60. The number of hydrogen-bond donors (Lipinski definition) is 1. The molecular formula is C10H9BrN2O2. The molecule has 0 aliphatic heterocycles. The number of nitrogen functional groups attached to an aromatic ring is 1. The Morgan fingerprint density at radius 2 is 2.27 bits per heavy atom. The van der Waals surface area contributed by atoms with E-state index in [1.807, 2.05) is 24.3 Å². The fourth-order valence-corrected chi connectivity index (χ4v) is 1.62. The fourth-order valence-electron chi connectivity index (χ4n) is 1.24. The highest BCUT2D eigenvalue weighted by atomic mass is 79.9. The first-order valence-corrected chi connectivity index (χ1v) is 5.06. The number of anilines is 1. The molecule has 0 amide bonds. The van der Waals surface area contributed by atoms with E-state index in [0.29, 0.717) is 10.2 Å². The number of ether oxygens (including phenoxy) is 1. The predicted molar refractivity (Wildman–Crippen MR) is 60.6 cm³/mol. The van der Waals surface area contributed by atoms with Crippen LogP contribution >= 0.6 is 15.9 Å². The molecular weight excluding hydrogens is 260 g/mol. The fraction of sp³-hybridized carbons (Fsp3) is 0.100. The molecule has 15 heavy (non-hydrogen) atoms. The molecule has 2 rings (SSSR count). The highest BCUT2D eigenvalue weighted by Crippen LogP contribution is 2.33. The second-order valence-electron chi connectivity index (χ2n) is 2.94. The Hall–Kier alpha value is -1.49. The molecule has 1 aromatic carbocycles. The molecule has 1 heterocycles. The van der Waals surface area contributed by atoms with Crippen LogP contribution in [-0.4, -0.2) is 12.3 Å². The summed E-state index contributed by atoms with van der Waals surface area (Å²) in [6, 6.07) is 7.51. The Kier molecular flexibility index (Phi) is 2.64. The number of methoxy groups -OCH3 is 1. The zero-order chi connectivity index (χ0) is 10.8. The standard InChI is InChI=1S/C10H9BrN2O2/c1-14-7-4-2-3-6(5-7)9-8(11)10(12)15-13-9/h2-5H,12H2,1H3. The Morgan fingerprint density at radius 1 is 1.47 bits per heavy atom. The minimum atomic E-state index is 0.271. The lowest BCUT2D eigenvalue weighted by molar-refractivity contribution is 0.415. The minimum Gasteiger partial charge on any atom is -0.497 e. The predicted octanol–water partition coefficient (Wildman–Crippen LogP) is 2.69. The summed E-state index contributed by atoms with van der Waals surface area (Å²) in [6.45, 7) is 0. The van der Waals surface area contributed by atoms with E-state index in [2.05, 4.69) is 21.1 Å². The molecule has 2 N–H and O–H groups in total. The highest BCUT2D eigenvalue weighted by molar-refractivity contribution is 9.10. The second kappa shape index (κ2) is 3.94. The Labute approximate surface area is 95.1 Å². The molecule has 78 valence electrons. The molecule has 2 aromatic rings. The van der Waals surface area contributed by atoms with Crippen molar-refractivity contribution in [2.75, 3.05) is 12.8 Å². The van der Waals surface area contributed by atoms with Gasteiger partial charge < -0.3 is 15.0 Å². The van der Waals surface area contributed by atoms with Gasteiger partial charge >= 0.3 is 0 Å². The Bertz CT molecular complexity index is 482. The largest absolute Gasteiger partial charge is 0.497 e. The van der Waals surface area contributed by atoms with E-state index in [1.165, 1.54) is 0 Å². The molecule has 5 heteroatoms. The van der Waals surface area contributed by atoms with Gasteiger partial charge in [-0.25, -0.2) is 0 Å². The third-order valence-electron chi connectivity index (χ3n) is 2.00. The van der Waals surface area contributed by atoms with Crippen molar-refractivity contribution in [3.05, 3.63) is 28.7 Å². The maximum atomic E-state index is 5.54. The van der Waals surface area contributed by atoms with Gasteiger partial charge in [-0.1, -0.05) is 17.3 Å². The van der Waals surface area contributed by atoms with Crippen LogP contribution in [0.4, 0.5) is 5.88 Å². The van der Waals surface area contributed by atoms with E-state index in [-0.39, 0.29) is 5.88 Å². The van der Waals surface area contributed by atoms with Crippen LogP contribution in [0, 0.1) is 0 Å². The second-order valence-corrected chi connectivity index (χ2v) is 3.73. The zero-order valence-electron chi connectivity index (χ0n) is 8.03. The van der Waals surface area contributed by atoms with Crippen molar-refractivity contribution < 1.29 is 9.26 Å². The molecule has 0 fully saturated rings.